The first kappa shape index (κ1) is 11.5. The lowest BCUT2D eigenvalue weighted by Crippen LogP contribution is -2.02. The standard InChI is InChI=1S/C15H12N2O2/c1-10-8-12(6-7-13(10)15(18)19)17-14-5-3-2-4-11(14)9-16-17/h2-9H,1H3,(H,18,19). The number of carboxylic acid groups (broad SMARTS) is 1. The number of aromatic carboxylic acids is 1. The van der Waals surface area contributed by atoms with Gasteiger partial charge >= 0.3 is 5.97 Å². The van der Waals surface area contributed by atoms with E-state index in [-0.39, 0.29) is 0 Å². The molecule has 94 valence electrons. The maximum absolute atomic E-state index is 11.0. The molecular weight excluding hydrogens is 240 g/mol. The first-order chi connectivity index (χ1) is 9.16. The van der Waals surface area contributed by atoms with E-state index < -0.39 is 5.97 Å². The summed E-state index contributed by atoms with van der Waals surface area (Å²) in [6.07, 6.45) is 1.80. The van der Waals surface area contributed by atoms with Crippen LogP contribution in [0, 0.1) is 6.92 Å². The molecule has 0 saturated heterocycles. The van der Waals surface area contributed by atoms with Crippen LogP contribution in [0.25, 0.3) is 16.6 Å². The SMILES string of the molecule is Cc1cc(-n2ncc3ccccc32)ccc1C(=O)O. The molecule has 0 aliphatic heterocycles. The number of benzene rings is 2. The number of rotatable bonds is 2. The lowest BCUT2D eigenvalue weighted by Gasteiger charge is -2.06. The van der Waals surface area contributed by atoms with E-state index in [0.717, 1.165) is 22.2 Å². The Labute approximate surface area is 109 Å². The van der Waals surface area contributed by atoms with Crippen LogP contribution >= 0.6 is 0 Å². The molecule has 3 rings (SSSR count). The fraction of sp³-hybridized carbons (Fsp3) is 0.0667. The first-order valence-electron chi connectivity index (χ1n) is 5.94. The van der Waals surface area contributed by atoms with Crippen LogP contribution in [0.5, 0.6) is 0 Å². The highest BCUT2D eigenvalue weighted by atomic mass is 16.4. The number of nitrogens with zero attached hydrogens (tertiary/aromatic N) is 2. The van der Waals surface area contributed by atoms with Crippen molar-refractivity contribution in [1.29, 1.82) is 0 Å². The lowest BCUT2D eigenvalue weighted by molar-refractivity contribution is 0.0696. The van der Waals surface area contributed by atoms with Gasteiger partial charge in [0.05, 0.1) is 23.0 Å². The van der Waals surface area contributed by atoms with Crippen molar-refractivity contribution in [2.45, 2.75) is 6.92 Å². The van der Waals surface area contributed by atoms with Gasteiger partial charge in [-0.15, -0.1) is 0 Å². The Morgan fingerprint density at radius 3 is 2.74 bits per heavy atom. The topological polar surface area (TPSA) is 55.1 Å². The van der Waals surface area contributed by atoms with Crippen LogP contribution in [0.2, 0.25) is 0 Å². The van der Waals surface area contributed by atoms with E-state index in [9.17, 15) is 4.79 Å². The van der Waals surface area contributed by atoms with Crippen LogP contribution in [-0.2, 0) is 0 Å². The number of fused-ring (bicyclic) bond motifs is 1. The zero-order chi connectivity index (χ0) is 13.4. The number of hydrogen-bond acceptors (Lipinski definition) is 2. The second kappa shape index (κ2) is 4.24. The summed E-state index contributed by atoms with van der Waals surface area (Å²) in [4.78, 5) is 11.0. The molecule has 0 aliphatic carbocycles. The molecule has 1 aromatic heterocycles. The van der Waals surface area contributed by atoms with Crippen molar-refractivity contribution < 1.29 is 9.90 Å². The summed E-state index contributed by atoms with van der Waals surface area (Å²) >= 11 is 0. The fourth-order valence-electron chi connectivity index (χ4n) is 2.20. The number of carbonyl (C=O) groups is 1. The molecule has 0 saturated carbocycles. The lowest BCUT2D eigenvalue weighted by atomic mass is 10.1. The Morgan fingerprint density at radius 2 is 2.00 bits per heavy atom. The predicted molar refractivity (Wildman–Crippen MR) is 72.8 cm³/mol. The molecule has 4 nitrogen and oxygen atoms in total. The molecule has 3 aromatic rings. The average Bonchev–Trinajstić information content (AvgIpc) is 2.82. The van der Waals surface area contributed by atoms with Crippen molar-refractivity contribution in [1.82, 2.24) is 9.78 Å². The van der Waals surface area contributed by atoms with E-state index in [1.54, 1.807) is 25.3 Å². The monoisotopic (exact) mass is 252 g/mol. The number of carboxylic acids is 1. The molecule has 0 aliphatic rings. The molecule has 0 amide bonds. The Kier molecular flexibility index (Phi) is 2.56. The second-order valence-electron chi connectivity index (χ2n) is 4.42. The maximum Gasteiger partial charge on any atom is 0.335 e. The Bertz CT molecular complexity index is 775. The van der Waals surface area contributed by atoms with Gasteiger partial charge in [-0.05, 0) is 36.8 Å². The van der Waals surface area contributed by atoms with Gasteiger partial charge in [0, 0.05) is 5.39 Å². The molecule has 0 unspecified atom stereocenters. The van der Waals surface area contributed by atoms with Gasteiger partial charge in [-0.1, -0.05) is 18.2 Å². The molecule has 1 N–H and O–H groups in total. The summed E-state index contributed by atoms with van der Waals surface area (Å²) in [6.45, 7) is 1.79. The number of hydrogen-bond donors (Lipinski definition) is 1. The van der Waals surface area contributed by atoms with Crippen molar-refractivity contribution >= 4 is 16.9 Å². The third kappa shape index (κ3) is 1.87. The van der Waals surface area contributed by atoms with Crippen LogP contribution in [0.15, 0.2) is 48.7 Å². The van der Waals surface area contributed by atoms with E-state index in [0.29, 0.717) is 5.56 Å². The molecule has 19 heavy (non-hydrogen) atoms. The average molecular weight is 252 g/mol. The highest BCUT2D eigenvalue weighted by Crippen LogP contribution is 2.20. The fourth-order valence-corrected chi connectivity index (χ4v) is 2.20. The molecular formula is C15H12N2O2. The van der Waals surface area contributed by atoms with Crippen LogP contribution < -0.4 is 0 Å². The van der Waals surface area contributed by atoms with Gasteiger partial charge in [-0.2, -0.15) is 5.10 Å². The van der Waals surface area contributed by atoms with Crippen molar-refractivity contribution in [3.8, 4) is 5.69 Å². The summed E-state index contributed by atoms with van der Waals surface area (Å²) < 4.78 is 1.81. The van der Waals surface area contributed by atoms with E-state index in [4.69, 9.17) is 5.11 Å². The Morgan fingerprint density at radius 1 is 1.21 bits per heavy atom. The number of para-hydroxylation sites is 1. The summed E-state index contributed by atoms with van der Waals surface area (Å²) in [5.41, 5.74) is 2.92. The first-order valence-corrected chi connectivity index (χ1v) is 5.94. The zero-order valence-electron chi connectivity index (χ0n) is 10.4. The van der Waals surface area contributed by atoms with Gasteiger partial charge in [0.25, 0.3) is 0 Å². The normalized spacial score (nSPS) is 10.8. The molecule has 0 radical (unpaired) electrons. The Hall–Kier alpha value is -2.62. The summed E-state index contributed by atoms with van der Waals surface area (Å²) in [5, 5.41) is 14.4. The third-order valence-corrected chi connectivity index (χ3v) is 3.16. The molecule has 0 atom stereocenters. The number of aryl methyl sites for hydroxylation is 1. The van der Waals surface area contributed by atoms with Gasteiger partial charge < -0.3 is 5.11 Å². The highest BCUT2D eigenvalue weighted by molar-refractivity contribution is 5.89. The second-order valence-corrected chi connectivity index (χ2v) is 4.42. The summed E-state index contributed by atoms with van der Waals surface area (Å²) in [7, 11) is 0. The van der Waals surface area contributed by atoms with Crippen molar-refractivity contribution in [3.05, 3.63) is 59.8 Å². The van der Waals surface area contributed by atoms with Crippen molar-refractivity contribution in [2.24, 2.45) is 0 Å². The van der Waals surface area contributed by atoms with Crippen LogP contribution in [-0.4, -0.2) is 20.9 Å². The van der Waals surface area contributed by atoms with E-state index >= 15 is 0 Å². The molecule has 0 spiro atoms. The largest absolute Gasteiger partial charge is 0.478 e. The van der Waals surface area contributed by atoms with Crippen LogP contribution in [0.4, 0.5) is 0 Å². The van der Waals surface area contributed by atoms with Gasteiger partial charge in [-0.25, -0.2) is 9.48 Å². The van der Waals surface area contributed by atoms with E-state index in [2.05, 4.69) is 5.10 Å². The zero-order valence-corrected chi connectivity index (χ0v) is 10.4. The minimum atomic E-state index is -0.908. The van der Waals surface area contributed by atoms with Gasteiger partial charge in [0.1, 0.15) is 0 Å². The minimum Gasteiger partial charge on any atom is -0.478 e. The molecule has 4 heteroatoms. The van der Waals surface area contributed by atoms with Crippen LogP contribution in [0.1, 0.15) is 15.9 Å². The summed E-state index contributed by atoms with van der Waals surface area (Å²) in [6, 6.07) is 13.1. The molecule has 0 fully saturated rings. The predicted octanol–water partition coefficient (Wildman–Crippen LogP) is 3.03. The third-order valence-electron chi connectivity index (χ3n) is 3.16. The highest BCUT2D eigenvalue weighted by Gasteiger charge is 2.09. The Balaban J connectivity index is 2.17. The smallest absolute Gasteiger partial charge is 0.335 e. The van der Waals surface area contributed by atoms with Gasteiger partial charge in [-0.3, -0.25) is 0 Å². The quantitative estimate of drug-likeness (QED) is 0.762. The van der Waals surface area contributed by atoms with Gasteiger partial charge in [0.2, 0.25) is 0 Å². The molecule has 1 heterocycles. The summed E-state index contributed by atoms with van der Waals surface area (Å²) in [5.74, 6) is -0.908. The maximum atomic E-state index is 11.0. The van der Waals surface area contributed by atoms with Crippen molar-refractivity contribution in [2.75, 3.05) is 0 Å². The minimum absolute atomic E-state index is 0.320. The van der Waals surface area contributed by atoms with Crippen LogP contribution in [0.3, 0.4) is 0 Å². The number of aromatic nitrogens is 2. The molecule has 2 aromatic carbocycles. The van der Waals surface area contributed by atoms with Crippen molar-refractivity contribution in [3.63, 3.8) is 0 Å². The van der Waals surface area contributed by atoms with E-state index in [1.165, 1.54) is 0 Å². The molecule has 0 bridgehead atoms. The van der Waals surface area contributed by atoms with Gasteiger partial charge in [0.15, 0.2) is 0 Å². The van der Waals surface area contributed by atoms with E-state index in [1.807, 2.05) is 35.0 Å².